The van der Waals surface area contributed by atoms with Crippen LogP contribution in [0.15, 0.2) is 24.3 Å². The van der Waals surface area contributed by atoms with Gasteiger partial charge in [-0.25, -0.2) is 13.1 Å². The lowest BCUT2D eigenvalue weighted by Gasteiger charge is -2.18. The Hall–Kier alpha value is -1.44. The number of nitrogens with one attached hydrogen (secondary N) is 1. The van der Waals surface area contributed by atoms with Crippen LogP contribution < -0.4 is 9.46 Å². The van der Waals surface area contributed by atoms with Gasteiger partial charge in [-0.05, 0) is 64.4 Å². The number of carbonyl (C=O) groups excluding carboxylic acids is 1. The largest absolute Gasteiger partial charge is 0.494 e. The predicted molar refractivity (Wildman–Crippen MR) is 98.6 cm³/mol. The number of likely N-dealkylation sites (tertiary alicyclic amines) is 1. The minimum atomic E-state index is -3.20. The molecule has 0 saturated carbocycles. The summed E-state index contributed by atoms with van der Waals surface area (Å²) in [6.07, 6.45) is 1.72. The molecular formula is C18H28N2O4S. The van der Waals surface area contributed by atoms with E-state index in [9.17, 15) is 13.2 Å². The molecule has 1 atom stereocenters. The Bertz CT molecular complexity index is 671. The van der Waals surface area contributed by atoms with Crippen molar-refractivity contribution >= 4 is 15.8 Å². The van der Waals surface area contributed by atoms with Crippen LogP contribution in [0.1, 0.15) is 44.0 Å². The van der Waals surface area contributed by atoms with Crippen LogP contribution in [0, 0.1) is 0 Å². The molecule has 1 aliphatic heterocycles. The molecule has 6 nitrogen and oxygen atoms in total. The highest BCUT2D eigenvalue weighted by molar-refractivity contribution is 7.90. The second kappa shape index (κ2) is 8.78. The zero-order valence-corrected chi connectivity index (χ0v) is 16.0. The van der Waals surface area contributed by atoms with Crippen LogP contribution in [-0.2, 0) is 10.0 Å². The summed E-state index contributed by atoms with van der Waals surface area (Å²) in [6, 6.07) is 7.16. The SMILES string of the molecule is CC(=O)c1ccc(OCCCN2CC[C@@H](NS(=O)(=O)C(C)C)C2)cc1. The van der Waals surface area contributed by atoms with Gasteiger partial charge >= 0.3 is 0 Å². The van der Waals surface area contributed by atoms with Gasteiger partial charge in [0.15, 0.2) is 5.78 Å². The summed E-state index contributed by atoms with van der Waals surface area (Å²) in [5.41, 5.74) is 0.680. The van der Waals surface area contributed by atoms with E-state index in [-0.39, 0.29) is 11.8 Å². The second-order valence-electron chi connectivity index (χ2n) is 6.78. The van der Waals surface area contributed by atoms with Gasteiger partial charge in [-0.3, -0.25) is 4.79 Å². The van der Waals surface area contributed by atoms with Crippen molar-refractivity contribution in [1.82, 2.24) is 9.62 Å². The average molecular weight is 368 g/mol. The van der Waals surface area contributed by atoms with E-state index in [1.54, 1.807) is 32.9 Å². The highest BCUT2D eigenvalue weighted by Crippen LogP contribution is 2.14. The minimum absolute atomic E-state index is 0.00689. The molecule has 0 radical (unpaired) electrons. The van der Waals surface area contributed by atoms with E-state index >= 15 is 0 Å². The monoisotopic (exact) mass is 368 g/mol. The molecule has 0 bridgehead atoms. The summed E-state index contributed by atoms with van der Waals surface area (Å²) in [7, 11) is -3.20. The lowest BCUT2D eigenvalue weighted by molar-refractivity contribution is 0.101. The maximum Gasteiger partial charge on any atom is 0.214 e. The predicted octanol–water partition coefficient (Wildman–Crippen LogP) is 2.06. The van der Waals surface area contributed by atoms with E-state index in [4.69, 9.17) is 4.74 Å². The number of ether oxygens (including phenoxy) is 1. The summed E-state index contributed by atoms with van der Waals surface area (Å²) in [5.74, 6) is 0.803. The highest BCUT2D eigenvalue weighted by Gasteiger charge is 2.27. The zero-order chi connectivity index (χ0) is 18.4. The van der Waals surface area contributed by atoms with Gasteiger partial charge in [0.1, 0.15) is 5.75 Å². The van der Waals surface area contributed by atoms with Crippen LogP contribution >= 0.6 is 0 Å². The number of benzene rings is 1. The Morgan fingerprint density at radius 3 is 2.60 bits per heavy atom. The molecule has 0 spiro atoms. The molecule has 0 amide bonds. The van der Waals surface area contributed by atoms with Crippen molar-refractivity contribution in [3.05, 3.63) is 29.8 Å². The van der Waals surface area contributed by atoms with Gasteiger partial charge < -0.3 is 9.64 Å². The molecule has 1 saturated heterocycles. The van der Waals surface area contributed by atoms with Gasteiger partial charge in [0, 0.05) is 24.7 Å². The minimum Gasteiger partial charge on any atom is -0.494 e. The third kappa shape index (κ3) is 6.09. The molecule has 1 aromatic rings. The van der Waals surface area contributed by atoms with Crippen LogP contribution in [0.25, 0.3) is 0 Å². The number of hydrogen-bond acceptors (Lipinski definition) is 5. The van der Waals surface area contributed by atoms with E-state index in [0.717, 1.165) is 38.2 Å². The van der Waals surface area contributed by atoms with Gasteiger partial charge in [0.2, 0.25) is 10.0 Å². The Morgan fingerprint density at radius 1 is 1.32 bits per heavy atom. The second-order valence-corrected chi connectivity index (χ2v) is 9.05. The standard InChI is InChI=1S/C18H28N2O4S/c1-14(2)25(22,23)19-17-9-11-20(13-17)10-4-12-24-18-7-5-16(6-8-18)15(3)21/h5-8,14,17,19H,4,9-13H2,1-3H3/t17-/m1/s1. The number of carbonyl (C=O) groups is 1. The number of sulfonamides is 1. The fraction of sp³-hybridized carbons (Fsp3) is 0.611. The number of hydrogen-bond donors (Lipinski definition) is 1. The van der Waals surface area contributed by atoms with Crippen LogP contribution in [-0.4, -0.2) is 56.6 Å². The molecule has 2 rings (SSSR count). The molecule has 1 N–H and O–H groups in total. The van der Waals surface area contributed by atoms with Crippen molar-refractivity contribution < 1.29 is 17.9 Å². The Labute approximate surface area is 150 Å². The first kappa shape index (κ1) is 19.9. The van der Waals surface area contributed by atoms with Crippen LogP contribution in [0.4, 0.5) is 0 Å². The maximum absolute atomic E-state index is 11.9. The average Bonchev–Trinajstić information content (AvgIpc) is 2.98. The Morgan fingerprint density at radius 2 is 2.00 bits per heavy atom. The van der Waals surface area contributed by atoms with Crippen molar-refractivity contribution in [2.45, 2.75) is 44.9 Å². The van der Waals surface area contributed by atoms with Gasteiger partial charge in [0.05, 0.1) is 11.9 Å². The van der Waals surface area contributed by atoms with Crippen LogP contribution in [0.5, 0.6) is 5.75 Å². The first-order chi connectivity index (χ1) is 11.8. The summed E-state index contributed by atoms with van der Waals surface area (Å²) < 4.78 is 32.3. The van der Waals surface area contributed by atoms with Crippen molar-refractivity contribution in [3.8, 4) is 5.75 Å². The summed E-state index contributed by atoms with van der Waals surface area (Å²) in [6.45, 7) is 8.05. The molecule has 1 fully saturated rings. The quantitative estimate of drug-likeness (QED) is 0.533. The maximum atomic E-state index is 11.9. The molecule has 0 aromatic heterocycles. The van der Waals surface area contributed by atoms with Crippen LogP contribution in [0.3, 0.4) is 0 Å². The molecule has 0 unspecified atom stereocenters. The summed E-state index contributed by atoms with van der Waals surface area (Å²) in [5, 5.41) is -0.399. The van der Waals surface area contributed by atoms with Crippen molar-refractivity contribution in [2.75, 3.05) is 26.2 Å². The van der Waals surface area contributed by atoms with Gasteiger partial charge in [-0.15, -0.1) is 0 Å². The molecule has 1 aliphatic rings. The molecule has 0 aliphatic carbocycles. The molecule has 140 valence electrons. The molecular weight excluding hydrogens is 340 g/mol. The normalized spacial score (nSPS) is 18.6. The summed E-state index contributed by atoms with van der Waals surface area (Å²) in [4.78, 5) is 13.5. The molecule has 1 heterocycles. The van der Waals surface area contributed by atoms with E-state index < -0.39 is 15.3 Å². The van der Waals surface area contributed by atoms with Gasteiger partial charge in [0.25, 0.3) is 0 Å². The van der Waals surface area contributed by atoms with Gasteiger partial charge in [-0.1, -0.05) is 0 Å². The Balaban J connectivity index is 1.67. The smallest absolute Gasteiger partial charge is 0.214 e. The number of nitrogens with zero attached hydrogens (tertiary/aromatic N) is 1. The van der Waals surface area contributed by atoms with E-state index in [2.05, 4.69) is 9.62 Å². The molecule has 1 aromatic carbocycles. The first-order valence-corrected chi connectivity index (χ1v) is 10.3. The van der Waals surface area contributed by atoms with Gasteiger partial charge in [-0.2, -0.15) is 0 Å². The lowest BCUT2D eigenvalue weighted by atomic mass is 10.1. The van der Waals surface area contributed by atoms with Crippen molar-refractivity contribution in [3.63, 3.8) is 0 Å². The van der Waals surface area contributed by atoms with Crippen molar-refractivity contribution in [2.24, 2.45) is 0 Å². The third-order valence-electron chi connectivity index (χ3n) is 4.37. The Kier molecular flexibility index (Phi) is 6.98. The molecule has 7 heteroatoms. The number of Topliss-reactive ketones (excluding diaryl/α,β-unsaturated/α-hetero) is 1. The van der Waals surface area contributed by atoms with E-state index in [0.29, 0.717) is 12.2 Å². The number of rotatable bonds is 9. The third-order valence-corrected chi connectivity index (χ3v) is 6.28. The zero-order valence-electron chi connectivity index (χ0n) is 15.2. The fourth-order valence-electron chi connectivity index (χ4n) is 2.76. The lowest BCUT2D eigenvalue weighted by Crippen LogP contribution is -2.40. The first-order valence-electron chi connectivity index (χ1n) is 8.75. The topological polar surface area (TPSA) is 75.7 Å². The van der Waals surface area contributed by atoms with E-state index in [1.807, 2.05) is 12.1 Å². The molecule has 25 heavy (non-hydrogen) atoms. The highest BCUT2D eigenvalue weighted by atomic mass is 32.2. The fourth-order valence-corrected chi connectivity index (χ4v) is 3.69. The van der Waals surface area contributed by atoms with Crippen LogP contribution in [0.2, 0.25) is 0 Å². The number of ketones is 1. The van der Waals surface area contributed by atoms with Crippen molar-refractivity contribution in [1.29, 1.82) is 0 Å². The van der Waals surface area contributed by atoms with E-state index in [1.165, 1.54) is 0 Å². The summed E-state index contributed by atoms with van der Waals surface area (Å²) >= 11 is 0.